The second kappa shape index (κ2) is 5.46. The lowest BCUT2D eigenvalue weighted by Gasteiger charge is -2.06. The molecule has 0 saturated heterocycles. The number of nitrogens with one attached hydrogen (secondary N) is 1. The Labute approximate surface area is 108 Å². The van der Waals surface area contributed by atoms with Gasteiger partial charge in [-0.1, -0.05) is 29.8 Å². The molecule has 5 nitrogen and oxygen atoms in total. The van der Waals surface area contributed by atoms with Crippen LogP contribution < -0.4 is 5.32 Å². The number of carbonyl (C=O) groups is 1. The molecule has 92 valence electrons. The summed E-state index contributed by atoms with van der Waals surface area (Å²) in [4.78, 5) is 19.3. The van der Waals surface area contributed by atoms with Crippen LogP contribution >= 0.6 is 11.6 Å². The first-order valence-electron chi connectivity index (χ1n) is 5.19. The maximum Gasteiger partial charge on any atom is 0.271 e. The molecular weight excluding hydrogens is 254 g/mol. The number of phenolic OH excluding ortho intramolecular Hbond substituents is 1. The average molecular weight is 264 g/mol. The molecule has 18 heavy (non-hydrogen) atoms. The van der Waals surface area contributed by atoms with Gasteiger partial charge in [0.2, 0.25) is 0 Å². The molecule has 2 N–H and O–H groups in total. The van der Waals surface area contributed by atoms with Crippen LogP contribution in [0.15, 0.2) is 36.7 Å². The van der Waals surface area contributed by atoms with Gasteiger partial charge in [0.25, 0.3) is 5.91 Å². The van der Waals surface area contributed by atoms with Gasteiger partial charge < -0.3 is 10.4 Å². The van der Waals surface area contributed by atoms with Gasteiger partial charge in [0, 0.05) is 12.1 Å². The summed E-state index contributed by atoms with van der Waals surface area (Å²) in [6, 6.07) is 6.77. The highest BCUT2D eigenvalue weighted by Gasteiger charge is 2.09. The molecule has 0 saturated carbocycles. The van der Waals surface area contributed by atoms with Gasteiger partial charge >= 0.3 is 0 Å². The van der Waals surface area contributed by atoms with Crippen molar-refractivity contribution in [1.29, 1.82) is 0 Å². The van der Waals surface area contributed by atoms with E-state index in [1.807, 2.05) is 0 Å². The van der Waals surface area contributed by atoms with Crippen molar-refractivity contribution in [1.82, 2.24) is 15.3 Å². The minimum atomic E-state index is -0.395. The Morgan fingerprint density at radius 1 is 1.33 bits per heavy atom. The van der Waals surface area contributed by atoms with Gasteiger partial charge in [-0.15, -0.1) is 0 Å². The highest BCUT2D eigenvalue weighted by Crippen LogP contribution is 2.15. The number of hydrogen-bond donors (Lipinski definition) is 2. The Morgan fingerprint density at radius 3 is 2.83 bits per heavy atom. The van der Waals surface area contributed by atoms with Crippen LogP contribution in [0.4, 0.5) is 0 Å². The van der Waals surface area contributed by atoms with Crippen molar-refractivity contribution in [3.8, 4) is 5.75 Å². The molecule has 0 atom stereocenters. The summed E-state index contributed by atoms with van der Waals surface area (Å²) in [7, 11) is 0. The van der Waals surface area contributed by atoms with Crippen LogP contribution in [0.3, 0.4) is 0 Å². The molecule has 0 aliphatic heterocycles. The SMILES string of the molecule is O=C(NCc1ccccc1O)c1cncc(Cl)n1. The first-order chi connectivity index (χ1) is 8.66. The smallest absolute Gasteiger partial charge is 0.271 e. The molecule has 2 rings (SSSR count). The standard InChI is InChI=1S/C12H10ClN3O2/c13-11-7-14-6-9(16-11)12(18)15-5-8-3-1-2-4-10(8)17/h1-4,6-7,17H,5H2,(H,15,18). The van der Waals surface area contributed by atoms with Gasteiger partial charge in [-0.2, -0.15) is 0 Å². The normalized spacial score (nSPS) is 10.1. The lowest BCUT2D eigenvalue weighted by atomic mass is 10.2. The second-order valence-corrected chi connectivity index (χ2v) is 3.93. The Morgan fingerprint density at radius 2 is 2.11 bits per heavy atom. The number of nitrogens with zero attached hydrogens (tertiary/aromatic N) is 2. The summed E-state index contributed by atoms with van der Waals surface area (Å²) in [5.41, 5.74) is 0.763. The zero-order chi connectivity index (χ0) is 13.0. The monoisotopic (exact) mass is 263 g/mol. The number of hydrogen-bond acceptors (Lipinski definition) is 4. The van der Waals surface area contributed by atoms with E-state index in [-0.39, 0.29) is 23.1 Å². The van der Waals surface area contributed by atoms with Gasteiger partial charge in [0.15, 0.2) is 0 Å². The highest BCUT2D eigenvalue weighted by molar-refractivity contribution is 6.29. The number of aromatic nitrogens is 2. The third kappa shape index (κ3) is 2.95. The van der Waals surface area contributed by atoms with Crippen LogP contribution in [-0.4, -0.2) is 21.0 Å². The van der Waals surface area contributed by atoms with Gasteiger partial charge in [-0.3, -0.25) is 9.78 Å². The zero-order valence-corrected chi connectivity index (χ0v) is 10.1. The maximum atomic E-state index is 11.7. The number of aromatic hydroxyl groups is 1. The van der Waals surface area contributed by atoms with Gasteiger partial charge in [-0.05, 0) is 6.07 Å². The molecule has 0 radical (unpaired) electrons. The van der Waals surface area contributed by atoms with Gasteiger partial charge in [-0.25, -0.2) is 4.98 Å². The van der Waals surface area contributed by atoms with Crippen molar-refractivity contribution in [2.45, 2.75) is 6.54 Å². The minimum Gasteiger partial charge on any atom is -0.508 e. The van der Waals surface area contributed by atoms with E-state index in [0.717, 1.165) is 0 Å². The molecule has 1 aromatic heterocycles. The first-order valence-corrected chi connectivity index (χ1v) is 5.57. The molecule has 6 heteroatoms. The number of phenols is 1. The van der Waals surface area contributed by atoms with Crippen LogP contribution in [0.5, 0.6) is 5.75 Å². The molecule has 0 unspecified atom stereocenters. The highest BCUT2D eigenvalue weighted by atomic mass is 35.5. The van der Waals surface area contributed by atoms with Crippen molar-refractivity contribution in [3.63, 3.8) is 0 Å². The summed E-state index contributed by atoms with van der Waals surface area (Å²) < 4.78 is 0. The summed E-state index contributed by atoms with van der Waals surface area (Å²) in [5, 5.41) is 12.3. The Balaban J connectivity index is 2.03. The number of para-hydroxylation sites is 1. The number of rotatable bonds is 3. The van der Waals surface area contributed by atoms with E-state index in [4.69, 9.17) is 11.6 Å². The van der Waals surface area contributed by atoms with E-state index in [0.29, 0.717) is 5.56 Å². The molecule has 0 aliphatic carbocycles. The van der Waals surface area contributed by atoms with Crippen LogP contribution in [-0.2, 0) is 6.54 Å². The third-order valence-corrected chi connectivity index (χ3v) is 2.45. The second-order valence-electron chi connectivity index (χ2n) is 3.54. The lowest BCUT2D eigenvalue weighted by molar-refractivity contribution is 0.0945. The molecule has 1 amide bonds. The number of carbonyl (C=O) groups excluding carboxylic acids is 1. The van der Waals surface area contributed by atoms with Crippen molar-refractivity contribution in [2.75, 3.05) is 0 Å². The van der Waals surface area contributed by atoms with Crippen molar-refractivity contribution < 1.29 is 9.90 Å². The van der Waals surface area contributed by atoms with Gasteiger partial charge in [0.1, 0.15) is 16.6 Å². The largest absolute Gasteiger partial charge is 0.508 e. The van der Waals surface area contributed by atoms with E-state index < -0.39 is 5.91 Å². The Bertz CT molecular complexity index is 575. The van der Waals surface area contributed by atoms with E-state index in [1.165, 1.54) is 12.4 Å². The molecule has 2 aromatic rings. The number of amides is 1. The van der Waals surface area contributed by atoms with Crippen molar-refractivity contribution in [2.24, 2.45) is 0 Å². The zero-order valence-electron chi connectivity index (χ0n) is 9.30. The number of halogens is 1. The molecule has 0 aliphatic rings. The summed E-state index contributed by atoms with van der Waals surface area (Å²) >= 11 is 5.64. The summed E-state index contributed by atoms with van der Waals surface area (Å²) in [6.07, 6.45) is 2.67. The fraction of sp³-hybridized carbons (Fsp3) is 0.0833. The van der Waals surface area contributed by atoms with Crippen molar-refractivity contribution in [3.05, 3.63) is 53.1 Å². The predicted molar refractivity (Wildman–Crippen MR) is 66.3 cm³/mol. The molecule has 0 fully saturated rings. The average Bonchev–Trinajstić information content (AvgIpc) is 2.37. The molecular formula is C12H10ClN3O2. The van der Waals surface area contributed by atoms with Gasteiger partial charge in [0.05, 0.1) is 12.4 Å². The first kappa shape index (κ1) is 12.3. The summed E-state index contributed by atoms with van der Waals surface area (Å²) in [6.45, 7) is 0.208. The van der Waals surface area contributed by atoms with Crippen LogP contribution in [0.2, 0.25) is 5.15 Å². The summed E-state index contributed by atoms with van der Waals surface area (Å²) in [5.74, 6) is -0.261. The van der Waals surface area contributed by atoms with E-state index >= 15 is 0 Å². The Kier molecular flexibility index (Phi) is 3.74. The molecule has 0 spiro atoms. The quantitative estimate of drug-likeness (QED) is 0.885. The third-order valence-electron chi connectivity index (χ3n) is 2.27. The molecule has 0 bridgehead atoms. The molecule has 1 heterocycles. The van der Waals surface area contributed by atoms with E-state index in [1.54, 1.807) is 24.3 Å². The molecule has 1 aromatic carbocycles. The fourth-order valence-electron chi connectivity index (χ4n) is 1.38. The Hall–Kier alpha value is -2.14. The van der Waals surface area contributed by atoms with E-state index in [2.05, 4.69) is 15.3 Å². The van der Waals surface area contributed by atoms with Crippen LogP contribution in [0, 0.1) is 0 Å². The van der Waals surface area contributed by atoms with Crippen LogP contribution in [0.25, 0.3) is 0 Å². The van der Waals surface area contributed by atoms with E-state index in [9.17, 15) is 9.90 Å². The predicted octanol–water partition coefficient (Wildman–Crippen LogP) is 1.77. The lowest BCUT2D eigenvalue weighted by Crippen LogP contribution is -2.24. The maximum absolute atomic E-state index is 11.7. The topological polar surface area (TPSA) is 75.1 Å². The minimum absolute atomic E-state index is 0.134. The number of benzene rings is 1. The van der Waals surface area contributed by atoms with Crippen LogP contribution in [0.1, 0.15) is 16.1 Å². The fourth-order valence-corrected chi connectivity index (χ4v) is 1.53. The van der Waals surface area contributed by atoms with Crippen molar-refractivity contribution >= 4 is 17.5 Å².